The number of hydrogen-bond donors (Lipinski definition) is 0. The fourth-order valence-electron chi connectivity index (χ4n) is 2.42. The molecule has 1 heterocycles. The standard InChI is InChI=1S/C15H22N2O3S/c1-12-7-9-17(10-8-12)15(18)13-5-4-6-14(11-13)16(2)21(3,19)20/h4-6,11-12H,7-10H2,1-3H3. The zero-order valence-corrected chi connectivity index (χ0v) is 13.6. The van der Waals surface area contributed by atoms with Crippen LogP contribution in [0.25, 0.3) is 0 Å². The average molecular weight is 310 g/mol. The van der Waals surface area contributed by atoms with Crippen LogP contribution in [0.1, 0.15) is 30.1 Å². The van der Waals surface area contributed by atoms with Gasteiger partial charge in [-0.2, -0.15) is 0 Å². The maximum absolute atomic E-state index is 12.5. The first kappa shape index (κ1) is 15.8. The third-order valence-electron chi connectivity index (χ3n) is 4.03. The highest BCUT2D eigenvalue weighted by Gasteiger charge is 2.22. The highest BCUT2D eigenvalue weighted by molar-refractivity contribution is 7.92. The zero-order valence-electron chi connectivity index (χ0n) is 12.7. The summed E-state index contributed by atoms with van der Waals surface area (Å²) in [6.07, 6.45) is 3.19. The van der Waals surface area contributed by atoms with Crippen LogP contribution in [0, 0.1) is 5.92 Å². The number of likely N-dealkylation sites (tertiary alicyclic amines) is 1. The molecule has 6 heteroatoms. The molecule has 0 saturated carbocycles. The summed E-state index contributed by atoms with van der Waals surface area (Å²) in [6, 6.07) is 6.79. The Labute approximate surface area is 126 Å². The zero-order chi connectivity index (χ0) is 15.6. The Morgan fingerprint density at radius 1 is 1.29 bits per heavy atom. The van der Waals surface area contributed by atoms with Crippen molar-refractivity contribution in [3.8, 4) is 0 Å². The molecule has 0 spiro atoms. The molecule has 0 N–H and O–H groups in total. The van der Waals surface area contributed by atoms with E-state index in [1.54, 1.807) is 24.3 Å². The minimum Gasteiger partial charge on any atom is -0.339 e. The number of anilines is 1. The van der Waals surface area contributed by atoms with Crippen LogP contribution in [0.15, 0.2) is 24.3 Å². The molecule has 0 radical (unpaired) electrons. The Balaban J connectivity index is 2.19. The first-order chi connectivity index (χ1) is 9.79. The van der Waals surface area contributed by atoms with Crippen molar-refractivity contribution in [3.05, 3.63) is 29.8 Å². The highest BCUT2D eigenvalue weighted by atomic mass is 32.2. The third kappa shape index (κ3) is 3.75. The van der Waals surface area contributed by atoms with Gasteiger partial charge in [-0.25, -0.2) is 8.42 Å². The monoisotopic (exact) mass is 310 g/mol. The van der Waals surface area contributed by atoms with Crippen molar-refractivity contribution in [2.45, 2.75) is 19.8 Å². The summed E-state index contributed by atoms with van der Waals surface area (Å²) in [5.41, 5.74) is 1.05. The van der Waals surface area contributed by atoms with Gasteiger partial charge < -0.3 is 4.90 Å². The normalized spacial score (nSPS) is 16.8. The molecule has 0 aliphatic carbocycles. The number of amides is 1. The molecule has 5 nitrogen and oxygen atoms in total. The SMILES string of the molecule is CC1CCN(C(=O)c2cccc(N(C)S(C)(=O)=O)c2)CC1. The number of carbonyl (C=O) groups excluding carboxylic acids is 1. The van der Waals surface area contributed by atoms with E-state index in [4.69, 9.17) is 0 Å². The molecule has 0 aromatic heterocycles. The maximum Gasteiger partial charge on any atom is 0.253 e. The van der Waals surface area contributed by atoms with Gasteiger partial charge in [0.15, 0.2) is 0 Å². The number of rotatable bonds is 3. The van der Waals surface area contributed by atoms with Crippen molar-refractivity contribution in [2.24, 2.45) is 5.92 Å². The van der Waals surface area contributed by atoms with Crippen LogP contribution in [-0.2, 0) is 10.0 Å². The second kappa shape index (κ2) is 6.05. The second-order valence-corrected chi connectivity index (χ2v) is 7.77. The molecular formula is C15H22N2O3S. The number of sulfonamides is 1. The molecule has 1 aliphatic heterocycles. The van der Waals surface area contributed by atoms with Gasteiger partial charge in [-0.15, -0.1) is 0 Å². The largest absolute Gasteiger partial charge is 0.339 e. The number of benzene rings is 1. The van der Waals surface area contributed by atoms with Gasteiger partial charge in [-0.1, -0.05) is 13.0 Å². The van der Waals surface area contributed by atoms with Crippen LogP contribution < -0.4 is 4.31 Å². The van der Waals surface area contributed by atoms with Crippen LogP contribution in [0.4, 0.5) is 5.69 Å². The van der Waals surface area contributed by atoms with Crippen molar-refractivity contribution in [1.29, 1.82) is 0 Å². The molecule has 1 fully saturated rings. The summed E-state index contributed by atoms with van der Waals surface area (Å²) in [5, 5.41) is 0. The van der Waals surface area contributed by atoms with Gasteiger partial charge in [0.05, 0.1) is 11.9 Å². The van der Waals surface area contributed by atoms with Crippen LogP contribution >= 0.6 is 0 Å². The third-order valence-corrected chi connectivity index (χ3v) is 5.23. The van der Waals surface area contributed by atoms with Crippen molar-refractivity contribution < 1.29 is 13.2 Å². The summed E-state index contributed by atoms with van der Waals surface area (Å²) in [7, 11) is -1.83. The van der Waals surface area contributed by atoms with Gasteiger partial charge in [-0.05, 0) is 37.0 Å². The van der Waals surface area contributed by atoms with E-state index >= 15 is 0 Å². The van der Waals surface area contributed by atoms with Gasteiger partial charge in [0, 0.05) is 25.7 Å². The summed E-state index contributed by atoms with van der Waals surface area (Å²) in [4.78, 5) is 14.3. The first-order valence-corrected chi connectivity index (χ1v) is 8.97. The Morgan fingerprint density at radius 3 is 2.48 bits per heavy atom. The van der Waals surface area contributed by atoms with Crippen LogP contribution in [-0.4, -0.2) is 45.6 Å². The lowest BCUT2D eigenvalue weighted by atomic mass is 9.98. The van der Waals surface area contributed by atoms with Gasteiger partial charge in [0.25, 0.3) is 5.91 Å². The molecule has 21 heavy (non-hydrogen) atoms. The van der Waals surface area contributed by atoms with E-state index < -0.39 is 10.0 Å². The van der Waals surface area contributed by atoms with Crippen molar-refractivity contribution in [2.75, 3.05) is 30.7 Å². The summed E-state index contributed by atoms with van der Waals surface area (Å²) >= 11 is 0. The Kier molecular flexibility index (Phi) is 4.56. The summed E-state index contributed by atoms with van der Waals surface area (Å²) < 4.78 is 24.3. The van der Waals surface area contributed by atoms with Crippen LogP contribution in [0.2, 0.25) is 0 Å². The van der Waals surface area contributed by atoms with E-state index in [-0.39, 0.29) is 5.91 Å². The Hall–Kier alpha value is -1.56. The van der Waals surface area contributed by atoms with E-state index in [2.05, 4.69) is 6.92 Å². The van der Waals surface area contributed by atoms with Crippen molar-refractivity contribution in [3.63, 3.8) is 0 Å². The highest BCUT2D eigenvalue weighted by Crippen LogP contribution is 2.21. The van der Waals surface area contributed by atoms with E-state index in [0.29, 0.717) is 17.2 Å². The van der Waals surface area contributed by atoms with E-state index in [9.17, 15) is 13.2 Å². The fourth-order valence-corrected chi connectivity index (χ4v) is 2.92. The summed E-state index contributed by atoms with van der Waals surface area (Å²) in [5.74, 6) is 0.641. The van der Waals surface area contributed by atoms with Crippen molar-refractivity contribution in [1.82, 2.24) is 4.90 Å². The number of hydrogen-bond acceptors (Lipinski definition) is 3. The van der Waals surface area contributed by atoms with Gasteiger partial charge >= 0.3 is 0 Å². The molecule has 0 unspecified atom stereocenters. The molecule has 0 atom stereocenters. The number of carbonyl (C=O) groups is 1. The van der Waals surface area contributed by atoms with Gasteiger partial charge in [-0.3, -0.25) is 9.10 Å². The van der Waals surface area contributed by atoms with E-state index in [1.807, 2.05) is 4.90 Å². The minimum atomic E-state index is -3.32. The smallest absolute Gasteiger partial charge is 0.253 e. The number of piperidine rings is 1. The minimum absolute atomic E-state index is 0.0225. The fraction of sp³-hybridized carbons (Fsp3) is 0.533. The molecular weight excluding hydrogens is 288 g/mol. The van der Waals surface area contributed by atoms with E-state index in [1.165, 1.54) is 11.4 Å². The topological polar surface area (TPSA) is 57.7 Å². The molecule has 1 aromatic carbocycles. The molecule has 1 aromatic rings. The van der Waals surface area contributed by atoms with E-state index in [0.717, 1.165) is 32.2 Å². The summed E-state index contributed by atoms with van der Waals surface area (Å²) in [6.45, 7) is 3.74. The van der Waals surface area contributed by atoms with Crippen LogP contribution in [0.5, 0.6) is 0 Å². The average Bonchev–Trinajstić information content (AvgIpc) is 2.45. The molecule has 1 saturated heterocycles. The molecule has 2 rings (SSSR count). The lowest BCUT2D eigenvalue weighted by Crippen LogP contribution is -2.38. The number of nitrogens with zero attached hydrogens (tertiary/aromatic N) is 2. The quantitative estimate of drug-likeness (QED) is 0.857. The lowest BCUT2D eigenvalue weighted by Gasteiger charge is -2.30. The molecule has 0 bridgehead atoms. The first-order valence-electron chi connectivity index (χ1n) is 7.12. The maximum atomic E-state index is 12.5. The molecule has 1 aliphatic rings. The molecule has 116 valence electrons. The predicted octanol–water partition coefficient (Wildman–Crippen LogP) is 1.95. The van der Waals surface area contributed by atoms with Gasteiger partial charge in [0.1, 0.15) is 0 Å². The Morgan fingerprint density at radius 2 is 1.90 bits per heavy atom. The Bertz CT molecular complexity index is 620. The second-order valence-electron chi connectivity index (χ2n) is 5.76. The molecule has 1 amide bonds. The van der Waals surface area contributed by atoms with Crippen LogP contribution in [0.3, 0.4) is 0 Å². The van der Waals surface area contributed by atoms with Gasteiger partial charge in [0.2, 0.25) is 10.0 Å². The predicted molar refractivity (Wildman–Crippen MR) is 84.0 cm³/mol. The van der Waals surface area contributed by atoms with Crippen molar-refractivity contribution >= 4 is 21.6 Å². The lowest BCUT2D eigenvalue weighted by molar-refractivity contribution is 0.0697.